The quantitative estimate of drug-likeness (QED) is 0.476. The third-order valence-electron chi connectivity index (χ3n) is 2.68. The van der Waals surface area contributed by atoms with E-state index in [1.807, 2.05) is 0 Å². The van der Waals surface area contributed by atoms with Gasteiger partial charge in [0, 0.05) is 23.3 Å². The van der Waals surface area contributed by atoms with Crippen molar-refractivity contribution in [3.63, 3.8) is 0 Å². The lowest BCUT2D eigenvalue weighted by molar-refractivity contribution is 0.280. The van der Waals surface area contributed by atoms with E-state index in [9.17, 15) is 13.0 Å². The van der Waals surface area contributed by atoms with E-state index in [0.29, 0.717) is 9.79 Å². The highest BCUT2D eigenvalue weighted by molar-refractivity contribution is 9.10. The van der Waals surface area contributed by atoms with Crippen LogP contribution in [0.15, 0.2) is 67.3 Å². The fraction of sp³-hybridized carbons (Fsp3) is 0.143. The van der Waals surface area contributed by atoms with Crippen molar-refractivity contribution >= 4 is 61.7 Å². The average Bonchev–Trinajstić information content (AvgIpc) is 2.58. The fourth-order valence-electron chi connectivity index (χ4n) is 1.53. The van der Waals surface area contributed by atoms with Gasteiger partial charge < -0.3 is 0 Å². The first-order valence-corrected chi connectivity index (χ1v) is 11.8. The summed E-state index contributed by atoms with van der Waals surface area (Å²) in [6.07, 6.45) is 0. The molecule has 128 valence electrons. The summed E-state index contributed by atoms with van der Waals surface area (Å²) in [5.41, 5.74) is 0. The third kappa shape index (κ3) is 6.55. The van der Waals surface area contributed by atoms with Crippen molar-refractivity contribution in [2.45, 2.75) is 9.79 Å². The molecule has 0 saturated heterocycles. The van der Waals surface area contributed by atoms with E-state index in [4.69, 9.17) is 9.05 Å². The Morgan fingerprint density at radius 2 is 1.08 bits per heavy atom. The molecule has 2 aromatic rings. The van der Waals surface area contributed by atoms with Gasteiger partial charge in [-0.2, -0.15) is 0 Å². The smallest absolute Gasteiger partial charge is 0.252 e. The van der Waals surface area contributed by atoms with Crippen LogP contribution >= 0.6 is 40.1 Å². The lowest BCUT2D eigenvalue weighted by Gasteiger charge is -1.99. The predicted octanol–water partition coefficient (Wildman–Crippen LogP) is 4.73. The minimum atomic E-state index is -2.49. The minimum absolute atomic E-state index is 0.262. The Balaban J connectivity index is 1.77. The highest BCUT2D eigenvalue weighted by Crippen LogP contribution is 2.26. The molecule has 0 unspecified atom stereocenters. The molecule has 0 heterocycles. The molecule has 0 aliphatic rings. The van der Waals surface area contributed by atoms with E-state index in [2.05, 4.69) is 31.9 Å². The van der Waals surface area contributed by atoms with Crippen molar-refractivity contribution < 1.29 is 22.0 Å². The lowest BCUT2D eigenvalue weighted by Crippen LogP contribution is -2.02. The average molecular weight is 515 g/mol. The molecule has 0 aromatic heterocycles. The van der Waals surface area contributed by atoms with E-state index in [1.165, 1.54) is 0 Å². The number of halogens is 2. The third-order valence-corrected chi connectivity index (χ3v) is 7.03. The standard InChI is InChI=1S/C14H12Br2O5PS2/c15-11-1-5-13(6-2-11)23(18)9-20-22(17)21-10-24(19)14-7-3-12(16)4-8-14/h1-8H,9-10H2/q+1/t23-,24-/m1/s1. The van der Waals surface area contributed by atoms with Crippen molar-refractivity contribution in [3.8, 4) is 0 Å². The Bertz CT molecular complexity index is 689. The fourth-order valence-corrected chi connectivity index (χ4v) is 4.74. The van der Waals surface area contributed by atoms with Crippen molar-refractivity contribution in [1.82, 2.24) is 0 Å². The molecule has 0 aliphatic carbocycles. The first kappa shape index (κ1) is 20.0. The molecule has 5 nitrogen and oxygen atoms in total. The van der Waals surface area contributed by atoms with Crippen LogP contribution in [0.2, 0.25) is 0 Å². The molecule has 2 rings (SSSR count). The summed E-state index contributed by atoms with van der Waals surface area (Å²) in [6, 6.07) is 13.7. The number of rotatable bonds is 8. The maximum Gasteiger partial charge on any atom is 0.699 e. The van der Waals surface area contributed by atoms with Crippen molar-refractivity contribution in [3.05, 3.63) is 57.5 Å². The monoisotopic (exact) mass is 513 g/mol. The Hall–Kier alpha value is -0.280. The van der Waals surface area contributed by atoms with Crippen LogP contribution in [-0.4, -0.2) is 20.3 Å². The normalized spacial score (nSPS) is 13.4. The molecule has 0 bridgehead atoms. The van der Waals surface area contributed by atoms with Crippen LogP contribution < -0.4 is 0 Å². The molecule has 0 radical (unpaired) electrons. The van der Waals surface area contributed by atoms with Crippen molar-refractivity contribution in [2.75, 3.05) is 11.9 Å². The van der Waals surface area contributed by atoms with Gasteiger partial charge in [-0.1, -0.05) is 31.9 Å². The van der Waals surface area contributed by atoms with Gasteiger partial charge in [-0.3, -0.25) is 8.42 Å². The Kier molecular flexibility index (Phi) is 8.36. The van der Waals surface area contributed by atoms with Gasteiger partial charge in [-0.05, 0) is 48.5 Å². The zero-order chi connectivity index (χ0) is 17.5. The maximum absolute atomic E-state index is 12.0. The Morgan fingerprint density at radius 3 is 1.42 bits per heavy atom. The van der Waals surface area contributed by atoms with E-state index in [0.717, 1.165) is 8.95 Å². The Labute approximate surface area is 162 Å². The molecule has 0 N–H and O–H groups in total. The summed E-state index contributed by atoms with van der Waals surface area (Å²) in [4.78, 5) is 1.11. The van der Waals surface area contributed by atoms with Crippen LogP contribution in [0.3, 0.4) is 0 Å². The van der Waals surface area contributed by atoms with Gasteiger partial charge >= 0.3 is 8.25 Å². The molecule has 0 aliphatic heterocycles. The molecule has 2 atom stereocenters. The molecular weight excluding hydrogens is 503 g/mol. The van der Waals surface area contributed by atoms with Crippen molar-refractivity contribution in [2.24, 2.45) is 0 Å². The van der Waals surface area contributed by atoms with Crippen LogP contribution in [-0.2, 0) is 35.2 Å². The maximum atomic E-state index is 12.0. The molecule has 0 saturated carbocycles. The first-order chi connectivity index (χ1) is 11.5. The second-order valence-corrected chi connectivity index (χ2v) is 9.91. The van der Waals surface area contributed by atoms with E-state index in [1.54, 1.807) is 48.5 Å². The van der Waals surface area contributed by atoms with Crippen LogP contribution in [0.4, 0.5) is 0 Å². The lowest BCUT2D eigenvalue weighted by atomic mass is 10.4. The second kappa shape index (κ2) is 10.0. The largest absolute Gasteiger partial charge is 0.699 e. The molecule has 2 aromatic carbocycles. The van der Waals surface area contributed by atoms with Gasteiger partial charge in [0.25, 0.3) is 0 Å². The molecule has 0 amide bonds. The van der Waals surface area contributed by atoms with Crippen LogP contribution in [0.5, 0.6) is 0 Å². The van der Waals surface area contributed by atoms with Crippen LogP contribution in [0, 0.1) is 0 Å². The number of hydrogen-bond donors (Lipinski definition) is 0. The zero-order valence-electron chi connectivity index (χ0n) is 12.1. The molecule has 10 heteroatoms. The number of hydrogen-bond acceptors (Lipinski definition) is 5. The minimum Gasteiger partial charge on any atom is -0.252 e. The molecule has 24 heavy (non-hydrogen) atoms. The SMILES string of the molecule is O=[P+](OC[S@@](=O)c1ccc(Br)cc1)OC[S@@](=O)c1ccc(Br)cc1. The van der Waals surface area contributed by atoms with Gasteiger partial charge in [0.2, 0.25) is 0 Å². The van der Waals surface area contributed by atoms with Gasteiger partial charge in [0.1, 0.15) is 0 Å². The van der Waals surface area contributed by atoms with E-state index < -0.39 is 29.9 Å². The van der Waals surface area contributed by atoms with Gasteiger partial charge in [-0.15, -0.1) is 9.05 Å². The van der Waals surface area contributed by atoms with E-state index in [-0.39, 0.29) is 11.9 Å². The summed E-state index contributed by atoms with van der Waals surface area (Å²) in [6.45, 7) is 0. The zero-order valence-corrected chi connectivity index (χ0v) is 17.8. The molecule has 0 spiro atoms. The van der Waals surface area contributed by atoms with Crippen LogP contribution in [0.1, 0.15) is 0 Å². The summed E-state index contributed by atoms with van der Waals surface area (Å²) in [5.74, 6) is -0.524. The first-order valence-electron chi connectivity index (χ1n) is 6.46. The van der Waals surface area contributed by atoms with Gasteiger partial charge in [-0.25, -0.2) is 0 Å². The summed E-state index contributed by atoms with van der Waals surface area (Å²) in [5, 5.41) is 0. The van der Waals surface area contributed by atoms with Gasteiger partial charge in [0.15, 0.2) is 11.9 Å². The summed E-state index contributed by atoms with van der Waals surface area (Å²) in [7, 11) is -5.40. The number of benzene rings is 2. The highest BCUT2D eigenvalue weighted by atomic mass is 79.9. The predicted molar refractivity (Wildman–Crippen MR) is 101 cm³/mol. The topological polar surface area (TPSA) is 69.7 Å². The van der Waals surface area contributed by atoms with E-state index >= 15 is 0 Å². The van der Waals surface area contributed by atoms with Crippen LogP contribution in [0.25, 0.3) is 0 Å². The van der Waals surface area contributed by atoms with Crippen molar-refractivity contribution in [1.29, 1.82) is 0 Å². The summed E-state index contributed by atoms with van der Waals surface area (Å²) >= 11 is 6.57. The molecular formula is C14H12Br2O5PS2+. The van der Waals surface area contributed by atoms with Gasteiger partial charge in [0.05, 0.1) is 21.6 Å². The second-order valence-electron chi connectivity index (χ2n) is 4.32. The highest BCUT2D eigenvalue weighted by Gasteiger charge is 2.24. The summed E-state index contributed by atoms with van der Waals surface area (Å²) < 4.78 is 47.2. The molecule has 0 fully saturated rings. The Morgan fingerprint density at radius 1 is 0.750 bits per heavy atom.